The highest BCUT2D eigenvalue weighted by Gasteiger charge is 2.25. The first kappa shape index (κ1) is 19.6. The lowest BCUT2D eigenvalue weighted by molar-refractivity contribution is 0.290. The fourth-order valence-corrected chi connectivity index (χ4v) is 5.13. The van der Waals surface area contributed by atoms with E-state index in [9.17, 15) is 0 Å². The molecule has 0 amide bonds. The maximum atomic E-state index is 5.39. The van der Waals surface area contributed by atoms with Gasteiger partial charge in [0.15, 0.2) is 5.65 Å². The van der Waals surface area contributed by atoms with E-state index in [1.165, 1.54) is 10.8 Å². The van der Waals surface area contributed by atoms with Gasteiger partial charge < -0.3 is 14.5 Å². The van der Waals surface area contributed by atoms with Crippen molar-refractivity contribution in [2.24, 2.45) is 11.1 Å². The molecule has 1 saturated carbocycles. The molecule has 5 aromatic rings. The molecule has 8 heteroatoms. The molecule has 6 rings (SSSR count). The summed E-state index contributed by atoms with van der Waals surface area (Å²) < 4.78 is 7.23. The van der Waals surface area contributed by atoms with Crippen LogP contribution in [0.3, 0.4) is 0 Å². The van der Waals surface area contributed by atoms with Gasteiger partial charge in [-0.2, -0.15) is 9.61 Å². The molecule has 0 spiro atoms. The molecule has 4 N–H and O–H groups in total. The van der Waals surface area contributed by atoms with Gasteiger partial charge in [0.05, 0.1) is 24.5 Å². The molecule has 2 unspecified atom stereocenters. The average Bonchev–Trinajstić information content (AvgIpc) is 3.54. The van der Waals surface area contributed by atoms with Crippen LogP contribution in [0.2, 0.25) is 0 Å². The first-order valence-electron chi connectivity index (χ1n) is 10.9. The van der Waals surface area contributed by atoms with E-state index >= 15 is 0 Å². The summed E-state index contributed by atoms with van der Waals surface area (Å²) in [7, 11) is 0. The molecule has 2 atom stereocenters. The van der Waals surface area contributed by atoms with Crippen LogP contribution in [0.4, 0.5) is 5.82 Å². The van der Waals surface area contributed by atoms with E-state index in [0.29, 0.717) is 18.6 Å². The summed E-state index contributed by atoms with van der Waals surface area (Å²) in [6.07, 6.45) is 5.15. The van der Waals surface area contributed by atoms with Crippen LogP contribution in [0.5, 0.6) is 0 Å². The SMILES string of the molecule is NSOCC1CCC(Nc2ccnc3cc(-c4ccc5c(c4)[nH]c4ccccc45)nn23)C1. The number of H-pyrrole nitrogens is 1. The first-order chi connectivity index (χ1) is 15.8. The highest BCUT2D eigenvalue weighted by molar-refractivity contribution is 7.92. The number of anilines is 1. The van der Waals surface area contributed by atoms with Crippen molar-refractivity contribution in [1.29, 1.82) is 0 Å². The maximum Gasteiger partial charge on any atom is 0.157 e. The van der Waals surface area contributed by atoms with Crippen LogP contribution in [-0.2, 0) is 4.18 Å². The quantitative estimate of drug-likeness (QED) is 0.248. The summed E-state index contributed by atoms with van der Waals surface area (Å²) in [5, 5.41) is 16.4. The Labute approximate surface area is 189 Å². The lowest BCUT2D eigenvalue weighted by Gasteiger charge is -2.15. The molecule has 0 aliphatic heterocycles. The Bertz CT molecular complexity index is 1410. The maximum absolute atomic E-state index is 5.39. The minimum absolute atomic E-state index is 0.396. The normalized spacial score (nSPS) is 18.8. The second-order valence-electron chi connectivity index (χ2n) is 8.46. The zero-order valence-electron chi connectivity index (χ0n) is 17.5. The molecule has 0 saturated heterocycles. The standard InChI is InChI=1S/C24H24N6OS/c25-32-31-14-15-5-7-17(11-15)27-23-9-10-26-24-13-21(29-30(23)24)16-6-8-19-18-3-1-2-4-20(18)28-22(19)12-16/h1-4,6,8-10,12-13,15,17,27-28H,5,7,11,14,25H2. The Hall–Kier alpha value is -3.07. The monoisotopic (exact) mass is 444 g/mol. The first-order valence-corrected chi connectivity index (χ1v) is 11.7. The topological polar surface area (TPSA) is 93.3 Å². The van der Waals surface area contributed by atoms with E-state index in [1.54, 1.807) is 0 Å². The van der Waals surface area contributed by atoms with E-state index in [1.807, 2.05) is 22.8 Å². The number of nitrogens with zero attached hydrogens (tertiary/aromatic N) is 3. The van der Waals surface area contributed by atoms with Gasteiger partial charge in [-0.25, -0.2) is 4.98 Å². The highest BCUT2D eigenvalue weighted by Crippen LogP contribution is 2.31. The van der Waals surface area contributed by atoms with Crippen LogP contribution in [0.25, 0.3) is 38.7 Å². The third-order valence-corrected chi connectivity index (χ3v) is 6.70. The molecule has 3 heterocycles. The Morgan fingerprint density at radius 2 is 2.00 bits per heavy atom. The Kier molecular flexibility index (Phi) is 4.98. The average molecular weight is 445 g/mol. The molecule has 3 aromatic heterocycles. The van der Waals surface area contributed by atoms with Crippen molar-refractivity contribution >= 4 is 45.5 Å². The number of aromatic nitrogens is 4. The number of aromatic amines is 1. The van der Waals surface area contributed by atoms with Gasteiger partial charge in [0, 0.05) is 45.7 Å². The fourth-order valence-electron chi connectivity index (χ4n) is 4.86. The number of nitrogens with two attached hydrogens (primary N) is 1. The lowest BCUT2D eigenvalue weighted by atomic mass is 10.1. The second-order valence-corrected chi connectivity index (χ2v) is 8.89. The van der Waals surface area contributed by atoms with Crippen molar-refractivity contribution in [1.82, 2.24) is 19.6 Å². The van der Waals surface area contributed by atoms with Crippen LogP contribution in [0.1, 0.15) is 19.3 Å². The highest BCUT2D eigenvalue weighted by atomic mass is 32.2. The van der Waals surface area contributed by atoms with Crippen molar-refractivity contribution in [2.45, 2.75) is 25.3 Å². The Balaban J connectivity index is 1.30. The van der Waals surface area contributed by atoms with Crippen LogP contribution in [-0.4, -0.2) is 32.2 Å². The molecule has 1 aliphatic carbocycles. The van der Waals surface area contributed by atoms with Gasteiger partial charge in [-0.1, -0.05) is 30.3 Å². The van der Waals surface area contributed by atoms with Gasteiger partial charge in [0.2, 0.25) is 0 Å². The van der Waals surface area contributed by atoms with Gasteiger partial charge >= 0.3 is 0 Å². The van der Waals surface area contributed by atoms with Crippen LogP contribution in [0.15, 0.2) is 60.8 Å². The van der Waals surface area contributed by atoms with E-state index in [4.69, 9.17) is 14.4 Å². The van der Waals surface area contributed by atoms with Crippen LogP contribution >= 0.6 is 12.2 Å². The lowest BCUT2D eigenvalue weighted by Crippen LogP contribution is -2.18. The number of hydrogen-bond donors (Lipinski definition) is 3. The Morgan fingerprint density at radius 3 is 2.94 bits per heavy atom. The van der Waals surface area contributed by atoms with Crippen molar-refractivity contribution < 1.29 is 4.18 Å². The molecule has 0 radical (unpaired) electrons. The van der Waals surface area contributed by atoms with Gasteiger partial charge in [0.1, 0.15) is 5.82 Å². The Morgan fingerprint density at radius 1 is 1.09 bits per heavy atom. The largest absolute Gasteiger partial charge is 0.367 e. The summed E-state index contributed by atoms with van der Waals surface area (Å²) in [4.78, 5) is 8.05. The molecule has 32 heavy (non-hydrogen) atoms. The zero-order chi connectivity index (χ0) is 21.5. The third kappa shape index (κ3) is 3.50. The number of benzene rings is 2. The second kappa shape index (κ2) is 8.12. The predicted octanol–water partition coefficient (Wildman–Crippen LogP) is 5.15. The summed E-state index contributed by atoms with van der Waals surface area (Å²) in [5.74, 6) is 1.50. The van der Waals surface area contributed by atoms with Crippen molar-refractivity contribution in [3.05, 3.63) is 60.8 Å². The van der Waals surface area contributed by atoms with Crippen LogP contribution in [0, 0.1) is 5.92 Å². The van der Waals surface area contributed by atoms with Crippen molar-refractivity contribution in [3.63, 3.8) is 0 Å². The number of nitrogens with one attached hydrogen (secondary N) is 2. The number of rotatable bonds is 6. The molecule has 0 bridgehead atoms. The van der Waals surface area contributed by atoms with Gasteiger partial charge in [-0.3, -0.25) is 5.14 Å². The summed E-state index contributed by atoms with van der Waals surface area (Å²) in [5.41, 5.74) is 5.07. The molecular weight excluding hydrogens is 420 g/mol. The van der Waals surface area contributed by atoms with Gasteiger partial charge in [-0.05, 0) is 43.4 Å². The minimum atomic E-state index is 0.396. The summed E-state index contributed by atoms with van der Waals surface area (Å²) in [6, 6.07) is 19.3. The van der Waals surface area contributed by atoms with Crippen molar-refractivity contribution in [3.8, 4) is 11.3 Å². The van der Waals surface area contributed by atoms with Crippen molar-refractivity contribution in [2.75, 3.05) is 11.9 Å². The minimum Gasteiger partial charge on any atom is -0.367 e. The molecule has 1 fully saturated rings. The van der Waals surface area contributed by atoms with E-state index in [0.717, 1.165) is 65.2 Å². The fraction of sp³-hybridized carbons (Fsp3) is 0.250. The number of para-hydroxylation sites is 1. The zero-order valence-corrected chi connectivity index (χ0v) is 18.3. The van der Waals surface area contributed by atoms with Gasteiger partial charge in [-0.15, -0.1) is 0 Å². The molecule has 1 aliphatic rings. The smallest absolute Gasteiger partial charge is 0.157 e. The predicted molar refractivity (Wildman–Crippen MR) is 130 cm³/mol. The molecule has 162 valence electrons. The number of fused-ring (bicyclic) bond motifs is 4. The van der Waals surface area contributed by atoms with E-state index < -0.39 is 0 Å². The van der Waals surface area contributed by atoms with Crippen LogP contribution < -0.4 is 10.5 Å². The number of hydrogen-bond acceptors (Lipinski definition) is 6. The summed E-state index contributed by atoms with van der Waals surface area (Å²) >= 11 is 0.953. The molecule has 2 aromatic carbocycles. The third-order valence-electron chi connectivity index (χ3n) is 6.42. The molecule has 7 nitrogen and oxygen atoms in total. The molecular formula is C24H24N6OS. The summed E-state index contributed by atoms with van der Waals surface area (Å²) in [6.45, 7) is 0.702. The van der Waals surface area contributed by atoms with E-state index in [-0.39, 0.29) is 0 Å². The van der Waals surface area contributed by atoms with Gasteiger partial charge in [0.25, 0.3) is 0 Å². The van der Waals surface area contributed by atoms with E-state index in [2.05, 4.69) is 57.7 Å².